The highest BCUT2D eigenvalue weighted by Crippen LogP contribution is 2.28. The Hall–Kier alpha value is -1.46. The molecule has 0 aliphatic carbocycles. The maximum Gasteiger partial charge on any atom is 0.380 e. The molecule has 0 radical (unpaired) electrons. The Bertz CT molecular complexity index is 512. The summed E-state index contributed by atoms with van der Waals surface area (Å²) in [6.45, 7) is 1.83. The fourth-order valence-electron chi connectivity index (χ4n) is 1.29. The number of Topliss-reactive ketones (excluding diaryl/α,β-unsaturated/α-hetero) is 1. The van der Waals surface area contributed by atoms with Crippen molar-refractivity contribution in [1.29, 1.82) is 0 Å². The summed E-state index contributed by atoms with van der Waals surface area (Å²) < 4.78 is 4.74. The number of halogens is 1. The standard InChI is InChI=1S/C14H16ClNO3S/c1-4-19-14(18)13(17)12(9-16(2)3)20-11-7-5-10(15)6-8-11/h5-9H,4H2,1-3H3/b12-9-. The van der Waals surface area contributed by atoms with Gasteiger partial charge in [0.1, 0.15) is 0 Å². The van der Waals surface area contributed by atoms with Crippen LogP contribution in [-0.4, -0.2) is 37.4 Å². The van der Waals surface area contributed by atoms with Gasteiger partial charge in [-0.2, -0.15) is 0 Å². The number of carbonyl (C=O) groups is 2. The number of ketones is 1. The molecule has 6 heteroatoms. The van der Waals surface area contributed by atoms with E-state index in [-0.39, 0.29) is 6.61 Å². The summed E-state index contributed by atoms with van der Waals surface area (Å²) in [6, 6.07) is 7.03. The molecule has 0 heterocycles. The summed E-state index contributed by atoms with van der Waals surface area (Å²) in [4.78, 5) is 26.4. The van der Waals surface area contributed by atoms with Crippen molar-refractivity contribution in [3.8, 4) is 0 Å². The van der Waals surface area contributed by atoms with Gasteiger partial charge in [-0.25, -0.2) is 4.79 Å². The van der Waals surface area contributed by atoms with Crippen molar-refractivity contribution < 1.29 is 14.3 Å². The summed E-state index contributed by atoms with van der Waals surface area (Å²) in [7, 11) is 3.56. The third kappa shape index (κ3) is 5.27. The largest absolute Gasteiger partial charge is 0.460 e. The van der Waals surface area contributed by atoms with Crippen LogP contribution in [0.3, 0.4) is 0 Å². The highest BCUT2D eigenvalue weighted by atomic mass is 35.5. The lowest BCUT2D eigenvalue weighted by atomic mass is 10.3. The lowest BCUT2D eigenvalue weighted by molar-refractivity contribution is -0.151. The van der Waals surface area contributed by atoms with E-state index in [9.17, 15) is 9.59 Å². The first-order valence-electron chi connectivity index (χ1n) is 5.97. The molecule has 0 aromatic heterocycles. The Balaban J connectivity index is 2.93. The minimum atomic E-state index is -0.845. The van der Waals surface area contributed by atoms with E-state index in [4.69, 9.17) is 16.3 Å². The van der Waals surface area contributed by atoms with Gasteiger partial charge >= 0.3 is 5.97 Å². The number of ether oxygens (including phenoxy) is 1. The summed E-state index contributed by atoms with van der Waals surface area (Å²) in [5.74, 6) is -1.50. The van der Waals surface area contributed by atoms with Gasteiger partial charge in [0.25, 0.3) is 5.78 Å². The quantitative estimate of drug-likeness (QED) is 0.350. The van der Waals surface area contributed by atoms with Crippen LogP contribution < -0.4 is 0 Å². The molecule has 20 heavy (non-hydrogen) atoms. The van der Waals surface area contributed by atoms with E-state index in [0.29, 0.717) is 9.93 Å². The average molecular weight is 314 g/mol. The number of rotatable bonds is 6. The molecule has 0 N–H and O–H groups in total. The molecule has 0 spiro atoms. The van der Waals surface area contributed by atoms with Crippen molar-refractivity contribution in [3.05, 3.63) is 40.4 Å². The molecule has 0 saturated carbocycles. The normalized spacial score (nSPS) is 11.1. The number of benzene rings is 1. The molecular formula is C14H16ClNO3S. The lowest BCUT2D eigenvalue weighted by Gasteiger charge is -2.10. The van der Waals surface area contributed by atoms with Crippen LogP contribution in [0.1, 0.15) is 6.92 Å². The predicted octanol–water partition coefficient (Wildman–Crippen LogP) is 2.97. The van der Waals surface area contributed by atoms with Crippen LogP contribution in [0.2, 0.25) is 5.02 Å². The van der Waals surface area contributed by atoms with Crippen molar-refractivity contribution in [2.24, 2.45) is 0 Å². The fourth-order valence-corrected chi connectivity index (χ4v) is 2.38. The van der Waals surface area contributed by atoms with Gasteiger partial charge in [0.15, 0.2) is 0 Å². The van der Waals surface area contributed by atoms with E-state index < -0.39 is 11.8 Å². The third-order valence-corrected chi connectivity index (χ3v) is 3.37. The van der Waals surface area contributed by atoms with E-state index in [0.717, 1.165) is 4.90 Å². The lowest BCUT2D eigenvalue weighted by Crippen LogP contribution is -2.19. The van der Waals surface area contributed by atoms with Gasteiger partial charge in [0, 0.05) is 30.2 Å². The second kappa shape index (κ2) is 7.97. The van der Waals surface area contributed by atoms with Gasteiger partial charge in [0.05, 0.1) is 11.5 Å². The Morgan fingerprint density at radius 1 is 1.30 bits per heavy atom. The molecule has 0 atom stereocenters. The van der Waals surface area contributed by atoms with Gasteiger partial charge in [-0.1, -0.05) is 23.4 Å². The molecule has 4 nitrogen and oxygen atoms in total. The molecule has 1 aromatic carbocycles. The Morgan fingerprint density at radius 3 is 2.40 bits per heavy atom. The third-order valence-electron chi connectivity index (χ3n) is 2.10. The van der Waals surface area contributed by atoms with Crippen LogP contribution in [0.15, 0.2) is 40.3 Å². The first-order chi connectivity index (χ1) is 9.43. The second-order valence-corrected chi connectivity index (χ2v) is 5.61. The van der Waals surface area contributed by atoms with Crippen LogP contribution in [0.25, 0.3) is 0 Å². The fraction of sp³-hybridized carbons (Fsp3) is 0.286. The van der Waals surface area contributed by atoms with Crippen molar-refractivity contribution in [2.45, 2.75) is 11.8 Å². The maximum absolute atomic E-state index is 12.0. The van der Waals surface area contributed by atoms with E-state index in [1.54, 1.807) is 56.4 Å². The van der Waals surface area contributed by atoms with Crippen molar-refractivity contribution >= 4 is 35.1 Å². The Labute approximate surface area is 127 Å². The average Bonchev–Trinajstić information content (AvgIpc) is 2.39. The zero-order valence-electron chi connectivity index (χ0n) is 11.6. The van der Waals surface area contributed by atoms with Gasteiger partial charge in [-0.15, -0.1) is 0 Å². The van der Waals surface area contributed by atoms with Gasteiger partial charge < -0.3 is 9.64 Å². The van der Waals surface area contributed by atoms with E-state index in [1.165, 1.54) is 11.8 Å². The second-order valence-electron chi connectivity index (χ2n) is 4.06. The zero-order chi connectivity index (χ0) is 15.1. The zero-order valence-corrected chi connectivity index (χ0v) is 13.1. The Kier molecular flexibility index (Phi) is 6.61. The number of carbonyl (C=O) groups excluding carboxylic acids is 2. The van der Waals surface area contributed by atoms with Crippen LogP contribution >= 0.6 is 23.4 Å². The summed E-state index contributed by atoms with van der Waals surface area (Å²) in [5.41, 5.74) is 0. The number of esters is 1. The molecule has 0 fully saturated rings. The molecule has 0 aliphatic rings. The smallest absolute Gasteiger partial charge is 0.380 e. The highest BCUT2D eigenvalue weighted by molar-refractivity contribution is 8.04. The summed E-state index contributed by atoms with van der Waals surface area (Å²) in [6.07, 6.45) is 1.60. The number of nitrogens with zero attached hydrogens (tertiary/aromatic N) is 1. The molecule has 0 bridgehead atoms. The van der Waals surface area contributed by atoms with E-state index in [2.05, 4.69) is 0 Å². The molecule has 108 valence electrons. The maximum atomic E-state index is 12.0. The first kappa shape index (κ1) is 16.6. The molecule has 0 amide bonds. The molecule has 1 aromatic rings. The highest BCUT2D eigenvalue weighted by Gasteiger charge is 2.21. The summed E-state index contributed by atoms with van der Waals surface area (Å²) in [5, 5.41) is 0.615. The SMILES string of the molecule is CCOC(=O)C(=O)/C(=C/N(C)C)Sc1ccc(Cl)cc1. The molecule has 0 aliphatic heterocycles. The topological polar surface area (TPSA) is 46.6 Å². The van der Waals surface area contributed by atoms with Crippen molar-refractivity contribution in [1.82, 2.24) is 4.90 Å². The minimum absolute atomic E-state index is 0.172. The van der Waals surface area contributed by atoms with Crippen LogP contribution in [0, 0.1) is 0 Å². The molecular weight excluding hydrogens is 298 g/mol. The predicted molar refractivity (Wildman–Crippen MR) is 80.7 cm³/mol. The molecule has 1 rings (SSSR count). The van der Waals surface area contributed by atoms with Crippen LogP contribution in [0.4, 0.5) is 0 Å². The number of hydrogen-bond donors (Lipinski definition) is 0. The van der Waals surface area contributed by atoms with Gasteiger partial charge in [0.2, 0.25) is 0 Å². The number of hydrogen-bond acceptors (Lipinski definition) is 5. The van der Waals surface area contributed by atoms with E-state index >= 15 is 0 Å². The first-order valence-corrected chi connectivity index (χ1v) is 7.16. The minimum Gasteiger partial charge on any atom is -0.460 e. The van der Waals surface area contributed by atoms with Gasteiger partial charge in [-0.3, -0.25) is 4.79 Å². The van der Waals surface area contributed by atoms with Crippen LogP contribution in [0.5, 0.6) is 0 Å². The van der Waals surface area contributed by atoms with E-state index in [1.807, 2.05) is 0 Å². The molecule has 0 unspecified atom stereocenters. The monoisotopic (exact) mass is 313 g/mol. The van der Waals surface area contributed by atoms with Crippen molar-refractivity contribution in [2.75, 3.05) is 20.7 Å². The summed E-state index contributed by atoms with van der Waals surface area (Å²) >= 11 is 7.01. The van der Waals surface area contributed by atoms with Crippen molar-refractivity contribution in [3.63, 3.8) is 0 Å². The van der Waals surface area contributed by atoms with Crippen LogP contribution in [-0.2, 0) is 14.3 Å². The number of thioether (sulfide) groups is 1. The van der Waals surface area contributed by atoms with Gasteiger partial charge in [-0.05, 0) is 31.2 Å². The Morgan fingerprint density at radius 2 is 1.90 bits per heavy atom. The molecule has 0 saturated heterocycles.